The van der Waals surface area contributed by atoms with Crippen LogP contribution in [0.25, 0.3) is 6.08 Å². The number of carbonyl (C=O) groups is 2. The molecular weight excluding hydrogens is 258 g/mol. The van der Waals surface area contributed by atoms with E-state index in [0.717, 1.165) is 10.0 Å². The first-order valence-electron chi connectivity index (χ1n) is 4.45. The summed E-state index contributed by atoms with van der Waals surface area (Å²) in [4.78, 5) is 22.5. The maximum atomic E-state index is 11.3. The molecule has 0 saturated carbocycles. The van der Waals surface area contributed by atoms with E-state index in [0.29, 0.717) is 0 Å². The Kier molecular flexibility index (Phi) is 2.68. The van der Waals surface area contributed by atoms with Gasteiger partial charge in [-0.05, 0) is 23.8 Å². The highest BCUT2D eigenvalue weighted by atomic mass is 79.9. The maximum absolute atomic E-state index is 11.3. The Morgan fingerprint density at radius 2 is 1.87 bits per heavy atom. The van der Waals surface area contributed by atoms with Crippen LogP contribution < -0.4 is 5.32 Å². The van der Waals surface area contributed by atoms with Gasteiger partial charge in [-0.15, -0.1) is 0 Å². The number of hydrogen-bond acceptors (Lipinski definition) is 2. The van der Waals surface area contributed by atoms with Crippen LogP contribution in [0.15, 0.2) is 34.3 Å². The van der Waals surface area contributed by atoms with Gasteiger partial charge in [0.2, 0.25) is 0 Å². The molecule has 0 atom stereocenters. The molecule has 15 heavy (non-hydrogen) atoms. The molecule has 1 fully saturated rings. The van der Waals surface area contributed by atoms with E-state index >= 15 is 0 Å². The summed E-state index contributed by atoms with van der Waals surface area (Å²) in [6, 6.07) is 7.42. The van der Waals surface area contributed by atoms with Gasteiger partial charge >= 0.3 is 0 Å². The SMILES string of the molecule is O=C1CNC(=O)/C1=C/c1ccc(Br)cc1. The van der Waals surface area contributed by atoms with E-state index < -0.39 is 0 Å². The minimum atomic E-state index is -0.289. The van der Waals surface area contributed by atoms with Crippen molar-refractivity contribution in [2.45, 2.75) is 0 Å². The lowest BCUT2D eigenvalue weighted by Crippen LogP contribution is -2.14. The molecule has 3 nitrogen and oxygen atoms in total. The summed E-state index contributed by atoms with van der Waals surface area (Å²) in [7, 11) is 0. The van der Waals surface area contributed by atoms with Gasteiger partial charge in [-0.25, -0.2) is 0 Å². The third kappa shape index (κ3) is 2.15. The quantitative estimate of drug-likeness (QED) is 0.619. The van der Waals surface area contributed by atoms with Crippen LogP contribution in [0, 0.1) is 0 Å². The highest BCUT2D eigenvalue weighted by molar-refractivity contribution is 9.10. The van der Waals surface area contributed by atoms with Crippen molar-refractivity contribution in [1.29, 1.82) is 0 Å². The first kappa shape index (κ1) is 10.1. The van der Waals surface area contributed by atoms with Crippen molar-refractivity contribution in [2.75, 3.05) is 6.54 Å². The van der Waals surface area contributed by atoms with Crippen LogP contribution in [0.1, 0.15) is 5.56 Å². The largest absolute Gasteiger partial charge is 0.344 e. The van der Waals surface area contributed by atoms with Crippen molar-refractivity contribution in [1.82, 2.24) is 5.32 Å². The molecule has 1 heterocycles. The van der Waals surface area contributed by atoms with Gasteiger partial charge in [0.15, 0.2) is 5.78 Å². The lowest BCUT2D eigenvalue weighted by Gasteiger charge is -1.95. The molecule has 1 aliphatic rings. The second-order valence-electron chi connectivity index (χ2n) is 3.22. The van der Waals surface area contributed by atoms with Gasteiger partial charge in [-0.2, -0.15) is 0 Å². The Morgan fingerprint density at radius 1 is 1.20 bits per heavy atom. The Morgan fingerprint density at radius 3 is 2.40 bits per heavy atom. The molecule has 2 rings (SSSR count). The lowest BCUT2D eigenvalue weighted by atomic mass is 10.1. The van der Waals surface area contributed by atoms with Gasteiger partial charge in [-0.3, -0.25) is 9.59 Å². The molecule has 1 N–H and O–H groups in total. The third-order valence-electron chi connectivity index (χ3n) is 2.14. The standard InChI is InChI=1S/C11H8BrNO2/c12-8-3-1-7(2-4-8)5-9-10(14)6-13-11(9)15/h1-5H,6H2,(H,13,15)/b9-5+. The molecule has 0 aliphatic carbocycles. The van der Waals surface area contributed by atoms with E-state index in [-0.39, 0.29) is 23.8 Å². The van der Waals surface area contributed by atoms with Crippen LogP contribution in [-0.2, 0) is 9.59 Å². The predicted octanol–water partition coefficient (Wildman–Crippen LogP) is 1.53. The molecule has 1 amide bonds. The topological polar surface area (TPSA) is 46.2 Å². The molecule has 76 valence electrons. The first-order chi connectivity index (χ1) is 7.16. The van der Waals surface area contributed by atoms with Crippen molar-refractivity contribution >= 4 is 33.7 Å². The lowest BCUT2D eigenvalue weighted by molar-refractivity contribution is -0.117. The predicted molar refractivity (Wildman–Crippen MR) is 60.1 cm³/mol. The van der Waals surface area contributed by atoms with Crippen molar-refractivity contribution in [2.24, 2.45) is 0 Å². The number of halogens is 1. The summed E-state index contributed by atoms with van der Waals surface area (Å²) < 4.78 is 0.965. The van der Waals surface area contributed by atoms with Crippen molar-refractivity contribution in [3.63, 3.8) is 0 Å². The van der Waals surface area contributed by atoms with E-state index in [1.807, 2.05) is 24.3 Å². The third-order valence-corrected chi connectivity index (χ3v) is 2.66. The highest BCUT2D eigenvalue weighted by Gasteiger charge is 2.24. The fourth-order valence-corrected chi connectivity index (χ4v) is 1.61. The number of Topliss-reactive ketones (excluding diaryl/α,β-unsaturated/α-hetero) is 1. The van der Waals surface area contributed by atoms with Gasteiger partial charge in [-0.1, -0.05) is 28.1 Å². The minimum absolute atomic E-state index is 0.112. The number of hydrogen-bond donors (Lipinski definition) is 1. The van der Waals surface area contributed by atoms with Gasteiger partial charge < -0.3 is 5.32 Å². The molecule has 0 bridgehead atoms. The smallest absolute Gasteiger partial charge is 0.255 e. The average molecular weight is 266 g/mol. The zero-order valence-electron chi connectivity index (χ0n) is 7.79. The van der Waals surface area contributed by atoms with E-state index in [1.165, 1.54) is 0 Å². The zero-order chi connectivity index (χ0) is 10.8. The van der Waals surface area contributed by atoms with E-state index in [2.05, 4.69) is 21.2 Å². The Balaban J connectivity index is 2.33. The number of nitrogens with one attached hydrogen (secondary N) is 1. The molecule has 0 aromatic heterocycles. The Bertz CT molecular complexity index is 430. The summed E-state index contributed by atoms with van der Waals surface area (Å²) in [5.74, 6) is -0.439. The van der Waals surface area contributed by atoms with Gasteiger partial charge in [0.1, 0.15) is 0 Å². The second-order valence-corrected chi connectivity index (χ2v) is 4.13. The number of ketones is 1. The maximum Gasteiger partial charge on any atom is 0.255 e. The molecule has 0 radical (unpaired) electrons. The van der Waals surface area contributed by atoms with Crippen LogP contribution in [0.5, 0.6) is 0 Å². The molecule has 1 aromatic rings. The van der Waals surface area contributed by atoms with Crippen molar-refractivity contribution in [3.8, 4) is 0 Å². The number of amides is 1. The Labute approximate surface area is 95.3 Å². The van der Waals surface area contributed by atoms with Crippen LogP contribution in [0.3, 0.4) is 0 Å². The fourth-order valence-electron chi connectivity index (χ4n) is 1.35. The van der Waals surface area contributed by atoms with Gasteiger partial charge in [0.05, 0.1) is 12.1 Å². The summed E-state index contributed by atoms with van der Waals surface area (Å²) >= 11 is 3.31. The van der Waals surface area contributed by atoms with Crippen LogP contribution in [0.4, 0.5) is 0 Å². The van der Waals surface area contributed by atoms with Gasteiger partial charge in [0, 0.05) is 4.47 Å². The highest BCUT2D eigenvalue weighted by Crippen LogP contribution is 2.15. The molecule has 0 spiro atoms. The number of rotatable bonds is 1. The summed E-state index contributed by atoms with van der Waals surface area (Å²) in [5, 5.41) is 2.48. The first-order valence-corrected chi connectivity index (χ1v) is 5.25. The van der Waals surface area contributed by atoms with Crippen LogP contribution in [-0.4, -0.2) is 18.2 Å². The zero-order valence-corrected chi connectivity index (χ0v) is 9.37. The average Bonchev–Trinajstić information content (AvgIpc) is 2.53. The summed E-state index contributed by atoms with van der Waals surface area (Å²) in [6.07, 6.45) is 1.61. The molecule has 1 aliphatic heterocycles. The molecule has 0 unspecified atom stereocenters. The number of benzene rings is 1. The van der Waals surface area contributed by atoms with Gasteiger partial charge in [0.25, 0.3) is 5.91 Å². The molecule has 1 aromatic carbocycles. The van der Waals surface area contributed by atoms with E-state index in [4.69, 9.17) is 0 Å². The summed E-state index contributed by atoms with van der Waals surface area (Å²) in [6.45, 7) is 0.112. The van der Waals surface area contributed by atoms with Crippen LogP contribution >= 0.6 is 15.9 Å². The monoisotopic (exact) mass is 265 g/mol. The second kappa shape index (κ2) is 3.98. The van der Waals surface area contributed by atoms with Crippen molar-refractivity contribution in [3.05, 3.63) is 39.9 Å². The summed E-state index contributed by atoms with van der Waals surface area (Å²) in [5.41, 5.74) is 1.08. The minimum Gasteiger partial charge on any atom is -0.344 e. The number of carbonyl (C=O) groups excluding carboxylic acids is 2. The molecule has 1 saturated heterocycles. The molecular formula is C11H8BrNO2. The van der Waals surface area contributed by atoms with E-state index in [9.17, 15) is 9.59 Å². The fraction of sp³-hybridized carbons (Fsp3) is 0.0909. The molecule has 4 heteroatoms. The van der Waals surface area contributed by atoms with Crippen molar-refractivity contribution < 1.29 is 9.59 Å². The van der Waals surface area contributed by atoms with E-state index in [1.54, 1.807) is 6.08 Å². The Hall–Kier alpha value is -1.42. The normalized spacial score (nSPS) is 18.3. The van der Waals surface area contributed by atoms with Crippen LogP contribution in [0.2, 0.25) is 0 Å².